The van der Waals surface area contributed by atoms with Gasteiger partial charge in [0.05, 0.1) is 6.33 Å². The zero-order chi connectivity index (χ0) is 17.7. The first-order valence-corrected chi connectivity index (χ1v) is 7.98. The van der Waals surface area contributed by atoms with Gasteiger partial charge in [-0.1, -0.05) is 0 Å². The normalized spacial score (nSPS) is 27.9. The van der Waals surface area contributed by atoms with Crippen molar-refractivity contribution in [3.63, 3.8) is 0 Å². The van der Waals surface area contributed by atoms with Crippen LogP contribution in [0.2, 0.25) is 0 Å². The van der Waals surface area contributed by atoms with Crippen molar-refractivity contribution in [2.45, 2.75) is 24.7 Å². The van der Waals surface area contributed by atoms with Crippen LogP contribution in [0, 0.1) is 6.08 Å². The van der Waals surface area contributed by atoms with Gasteiger partial charge in [0, 0.05) is 6.42 Å². The molecule has 1 aliphatic heterocycles. The minimum atomic E-state index is -5.01. The number of alkyl halides is 2. The molecule has 0 aliphatic carbocycles. The molecule has 0 spiro atoms. The molecule has 4 N–H and O–H groups in total. The number of nitrogens with two attached hydrogens (primary N) is 1. The topological polar surface area (TPSA) is 146 Å². The first-order chi connectivity index (χ1) is 11.1. The lowest BCUT2D eigenvalue weighted by atomic mass is 10.2. The van der Waals surface area contributed by atoms with Gasteiger partial charge in [-0.2, -0.15) is 14.4 Å². The lowest BCUT2D eigenvalue weighted by Gasteiger charge is -2.22. The van der Waals surface area contributed by atoms with Crippen LogP contribution in [-0.2, 0) is 13.8 Å². The molecule has 0 bridgehead atoms. The summed E-state index contributed by atoms with van der Waals surface area (Å²) < 4.78 is 62.2. The Hall–Kier alpha value is -1.79. The number of imidazole rings is 1. The number of hydrogen-bond donors (Lipinski definition) is 3. The SMILES string of the molecule is Nc1nc(F)nc2c1ncn2[C@H]1C[C@H](F)[C@@](F)(COP(=O)(O)O)O1. The molecule has 3 atom stereocenters. The van der Waals surface area contributed by atoms with Crippen molar-refractivity contribution >= 4 is 24.8 Å². The third-order valence-corrected chi connectivity index (χ3v) is 3.83. The van der Waals surface area contributed by atoms with E-state index in [1.165, 1.54) is 0 Å². The maximum atomic E-state index is 14.4. The number of fused-ring (bicyclic) bond motifs is 1. The van der Waals surface area contributed by atoms with Crippen molar-refractivity contribution < 1.29 is 36.8 Å². The molecule has 0 amide bonds. The minimum absolute atomic E-state index is 0.0123. The van der Waals surface area contributed by atoms with Crippen molar-refractivity contribution in [1.29, 1.82) is 0 Å². The second-order valence-electron chi connectivity index (χ2n) is 5.03. The lowest BCUT2D eigenvalue weighted by molar-refractivity contribution is -0.192. The molecule has 1 fully saturated rings. The number of aromatic nitrogens is 4. The van der Waals surface area contributed by atoms with Crippen LogP contribution in [0.3, 0.4) is 0 Å². The monoisotopic (exact) mass is 369 g/mol. The van der Waals surface area contributed by atoms with Crippen LogP contribution < -0.4 is 5.73 Å². The van der Waals surface area contributed by atoms with Gasteiger partial charge in [-0.05, 0) is 0 Å². The third kappa shape index (κ3) is 3.08. The Bertz CT molecular complexity index is 831. The maximum absolute atomic E-state index is 14.4. The quantitative estimate of drug-likeness (QED) is 0.520. The van der Waals surface area contributed by atoms with Gasteiger partial charge < -0.3 is 20.3 Å². The zero-order valence-corrected chi connectivity index (χ0v) is 12.6. The van der Waals surface area contributed by atoms with Crippen molar-refractivity contribution in [2.24, 2.45) is 0 Å². The molecule has 0 aromatic carbocycles. The summed E-state index contributed by atoms with van der Waals surface area (Å²) in [5.41, 5.74) is 5.35. The number of rotatable bonds is 4. The largest absolute Gasteiger partial charge is 0.469 e. The third-order valence-electron chi connectivity index (χ3n) is 3.37. The predicted octanol–water partition coefficient (Wildman–Crippen LogP) is 0.580. The Morgan fingerprint density at radius 2 is 2.25 bits per heavy atom. The minimum Gasteiger partial charge on any atom is -0.382 e. The molecule has 24 heavy (non-hydrogen) atoms. The van der Waals surface area contributed by atoms with E-state index in [0.717, 1.165) is 10.9 Å². The molecule has 2 aromatic heterocycles. The maximum Gasteiger partial charge on any atom is 0.469 e. The molecule has 3 heterocycles. The number of nitrogens with zero attached hydrogens (tertiary/aromatic N) is 4. The van der Waals surface area contributed by atoms with E-state index in [2.05, 4.69) is 19.5 Å². The van der Waals surface area contributed by atoms with Gasteiger partial charge in [0.25, 0.3) is 5.85 Å². The van der Waals surface area contributed by atoms with E-state index in [1.54, 1.807) is 0 Å². The van der Waals surface area contributed by atoms with E-state index >= 15 is 0 Å². The summed E-state index contributed by atoms with van der Waals surface area (Å²) in [6.45, 7) is -1.33. The van der Waals surface area contributed by atoms with E-state index < -0.39 is 45.2 Å². The summed E-state index contributed by atoms with van der Waals surface area (Å²) in [6, 6.07) is 0. The van der Waals surface area contributed by atoms with Crippen LogP contribution in [0.5, 0.6) is 0 Å². The summed E-state index contributed by atoms with van der Waals surface area (Å²) >= 11 is 0. The Morgan fingerprint density at radius 1 is 1.54 bits per heavy atom. The number of ether oxygens (including phenoxy) is 1. The van der Waals surface area contributed by atoms with Crippen molar-refractivity contribution in [3.8, 4) is 0 Å². The number of halogens is 3. The average Bonchev–Trinajstić information content (AvgIpc) is 2.99. The molecule has 3 rings (SSSR count). The molecule has 1 saturated heterocycles. The van der Waals surface area contributed by atoms with Crippen LogP contribution in [0.25, 0.3) is 11.2 Å². The van der Waals surface area contributed by atoms with Crippen LogP contribution >= 0.6 is 7.82 Å². The first-order valence-electron chi connectivity index (χ1n) is 6.45. The standard InChI is InChI=1S/C10H11F3N5O5P/c11-4-1-5(23-10(4,13)2-22-24(19,20)21)18-3-15-6-7(14)16-9(12)17-8(6)18/h3-5H,1-2H2,(H2,14,16,17)(H2,19,20,21)/t4-,5+,10+/m0/s1. The van der Waals surface area contributed by atoms with Crippen LogP contribution in [0.4, 0.5) is 19.0 Å². The highest BCUT2D eigenvalue weighted by Gasteiger charge is 2.52. The molecular formula is C10H11F3N5O5P. The van der Waals surface area contributed by atoms with Gasteiger partial charge in [-0.3, -0.25) is 9.09 Å². The molecule has 132 valence electrons. The van der Waals surface area contributed by atoms with Crippen LogP contribution in [0.15, 0.2) is 6.33 Å². The van der Waals surface area contributed by atoms with Gasteiger partial charge in [-0.25, -0.2) is 18.3 Å². The average molecular weight is 369 g/mol. The summed E-state index contributed by atoms with van der Waals surface area (Å²) in [4.78, 5) is 27.7. The van der Waals surface area contributed by atoms with Gasteiger partial charge in [0.2, 0.25) is 0 Å². The number of phosphoric acid groups is 1. The number of anilines is 1. The van der Waals surface area contributed by atoms with E-state index in [4.69, 9.17) is 20.3 Å². The molecule has 0 radical (unpaired) electrons. The van der Waals surface area contributed by atoms with Crippen molar-refractivity contribution in [3.05, 3.63) is 12.4 Å². The summed E-state index contributed by atoms with van der Waals surface area (Å²) in [5.74, 6) is -3.36. The molecule has 0 saturated carbocycles. The Kier molecular flexibility index (Phi) is 4.00. The van der Waals surface area contributed by atoms with Crippen LogP contribution in [-0.4, -0.2) is 47.9 Å². The molecule has 1 aliphatic rings. The first kappa shape index (κ1) is 17.0. The van der Waals surface area contributed by atoms with E-state index in [9.17, 15) is 17.7 Å². The van der Waals surface area contributed by atoms with Gasteiger partial charge in [0.15, 0.2) is 23.2 Å². The fourth-order valence-electron chi connectivity index (χ4n) is 2.29. The second-order valence-corrected chi connectivity index (χ2v) is 6.27. The fraction of sp³-hybridized carbons (Fsp3) is 0.500. The van der Waals surface area contributed by atoms with Crippen LogP contribution in [0.1, 0.15) is 12.6 Å². The van der Waals surface area contributed by atoms with Gasteiger partial charge in [0.1, 0.15) is 12.8 Å². The Balaban J connectivity index is 1.88. The highest BCUT2D eigenvalue weighted by Crippen LogP contribution is 2.45. The Labute approximate surface area is 131 Å². The highest BCUT2D eigenvalue weighted by atomic mass is 31.2. The number of phosphoric ester groups is 1. The Morgan fingerprint density at radius 3 is 2.92 bits per heavy atom. The molecule has 2 aromatic rings. The van der Waals surface area contributed by atoms with Gasteiger partial charge in [-0.15, -0.1) is 0 Å². The number of nitrogen functional groups attached to an aromatic ring is 1. The molecular weight excluding hydrogens is 358 g/mol. The molecule has 10 nitrogen and oxygen atoms in total. The summed E-state index contributed by atoms with van der Waals surface area (Å²) in [7, 11) is -5.01. The van der Waals surface area contributed by atoms with Crippen molar-refractivity contribution in [1.82, 2.24) is 19.5 Å². The summed E-state index contributed by atoms with van der Waals surface area (Å²) in [5, 5.41) is 0. The summed E-state index contributed by atoms with van der Waals surface area (Å²) in [6.07, 6.45) is -4.17. The second kappa shape index (κ2) is 5.63. The molecule has 14 heteroatoms. The zero-order valence-electron chi connectivity index (χ0n) is 11.7. The van der Waals surface area contributed by atoms with E-state index in [-0.39, 0.29) is 17.0 Å². The predicted molar refractivity (Wildman–Crippen MR) is 71.2 cm³/mol. The van der Waals surface area contributed by atoms with Crippen molar-refractivity contribution in [2.75, 3.05) is 12.3 Å². The highest BCUT2D eigenvalue weighted by molar-refractivity contribution is 7.46. The smallest absolute Gasteiger partial charge is 0.382 e. The molecule has 0 unspecified atom stereocenters. The lowest BCUT2D eigenvalue weighted by Crippen LogP contribution is -2.36. The van der Waals surface area contributed by atoms with E-state index in [1.807, 2.05) is 0 Å². The van der Waals surface area contributed by atoms with Gasteiger partial charge >= 0.3 is 13.9 Å². The fourth-order valence-corrected chi connectivity index (χ4v) is 2.63. The number of hydrogen-bond acceptors (Lipinski definition) is 7. The van der Waals surface area contributed by atoms with E-state index in [0.29, 0.717) is 0 Å².